The number of aliphatic hydroxyl groups is 1. The Morgan fingerprint density at radius 2 is 1.01 bits per heavy atom. The van der Waals surface area contributed by atoms with E-state index in [0.717, 1.165) is 159 Å². The van der Waals surface area contributed by atoms with Crippen molar-refractivity contribution < 1.29 is 9.53 Å². The number of nitrogens with zero attached hydrogens (tertiary/aromatic N) is 14. The monoisotopic (exact) mass is 1100 g/mol. The van der Waals surface area contributed by atoms with Crippen molar-refractivity contribution in [3.05, 3.63) is 83.9 Å². The van der Waals surface area contributed by atoms with Crippen LogP contribution in [0.25, 0.3) is 43.9 Å². The molecular formula is C56H72Cl2N16O2Si. The number of rotatable bonds is 14. The minimum Gasteiger partial charge on any atom is -0.416 e. The van der Waals surface area contributed by atoms with Crippen molar-refractivity contribution in [3.8, 4) is 0 Å². The van der Waals surface area contributed by atoms with E-state index in [2.05, 4.69) is 110 Å². The van der Waals surface area contributed by atoms with Gasteiger partial charge in [0.1, 0.15) is 22.9 Å². The summed E-state index contributed by atoms with van der Waals surface area (Å²) in [6, 6.07) is 12.9. The van der Waals surface area contributed by atoms with Gasteiger partial charge in [-0.15, -0.1) is 0 Å². The average Bonchev–Trinajstić information content (AvgIpc) is 4.42. The summed E-state index contributed by atoms with van der Waals surface area (Å²) >= 11 is 13.2. The summed E-state index contributed by atoms with van der Waals surface area (Å²) in [5.74, 6) is 2.47. The predicted molar refractivity (Wildman–Crippen MR) is 313 cm³/mol. The Kier molecular flexibility index (Phi) is 15.8. The quantitative estimate of drug-likeness (QED) is 0.0691. The van der Waals surface area contributed by atoms with Gasteiger partial charge in [-0.1, -0.05) is 69.7 Å². The largest absolute Gasteiger partial charge is 0.416 e. The molecule has 10 heterocycles. The molecule has 406 valence electrons. The fraction of sp³-hybridized carbons (Fsp3) is 0.500. The van der Waals surface area contributed by atoms with Crippen LogP contribution in [0.3, 0.4) is 0 Å². The van der Waals surface area contributed by atoms with E-state index in [-0.39, 0.29) is 11.6 Å². The average molecular weight is 1100 g/mol. The zero-order valence-corrected chi connectivity index (χ0v) is 47.6. The number of hydrogen-bond acceptors (Lipinski definition) is 16. The van der Waals surface area contributed by atoms with Gasteiger partial charge in [-0.3, -0.25) is 9.80 Å². The molecule has 0 bridgehead atoms. The topological polar surface area (TPSA) is 179 Å². The molecule has 18 nitrogen and oxygen atoms in total. The van der Waals surface area contributed by atoms with Crippen LogP contribution in [0.5, 0.6) is 0 Å². The molecule has 0 atom stereocenters. The number of piperazine rings is 2. The van der Waals surface area contributed by atoms with Crippen molar-refractivity contribution in [2.75, 3.05) is 99.1 Å². The van der Waals surface area contributed by atoms with Gasteiger partial charge in [0.25, 0.3) is 0 Å². The maximum atomic E-state index is 9.14. The Balaban J connectivity index is 0.000000166. The summed E-state index contributed by atoms with van der Waals surface area (Å²) in [5, 5.41) is 21.1. The second-order valence-electron chi connectivity index (χ2n) is 22.5. The maximum absolute atomic E-state index is 9.14. The van der Waals surface area contributed by atoms with Gasteiger partial charge in [0.05, 0.1) is 41.4 Å². The number of β-amino-alcohol motifs (C(OH)–C–C–N with tert-alkyl or cyclic N) is 1. The van der Waals surface area contributed by atoms with Gasteiger partial charge in [-0.05, 0) is 80.2 Å². The number of fused-ring (bicyclic) bond motifs is 6. The molecule has 4 fully saturated rings. The lowest BCUT2D eigenvalue weighted by atomic mass is 10.2. The van der Waals surface area contributed by atoms with Gasteiger partial charge in [0.15, 0.2) is 18.6 Å². The van der Waals surface area contributed by atoms with Crippen LogP contribution in [-0.2, 0) is 4.43 Å². The first-order valence-corrected chi connectivity index (χ1v) is 31.3. The van der Waals surface area contributed by atoms with Crippen LogP contribution in [0.2, 0.25) is 28.4 Å². The van der Waals surface area contributed by atoms with Crippen molar-refractivity contribution in [2.24, 2.45) is 0 Å². The van der Waals surface area contributed by atoms with Crippen LogP contribution in [0.4, 0.5) is 34.9 Å². The summed E-state index contributed by atoms with van der Waals surface area (Å²) in [7, 11) is -1.69. The second kappa shape index (κ2) is 22.9. The van der Waals surface area contributed by atoms with Crippen LogP contribution < -0.4 is 20.4 Å². The van der Waals surface area contributed by atoms with E-state index in [0.29, 0.717) is 40.1 Å². The second-order valence-corrected chi connectivity index (χ2v) is 28.0. The third-order valence-electron chi connectivity index (χ3n) is 16.7. The summed E-state index contributed by atoms with van der Waals surface area (Å²) in [6.45, 7) is 22.1. The van der Waals surface area contributed by atoms with Gasteiger partial charge in [0, 0.05) is 130 Å². The maximum Gasteiger partial charge on any atom is 0.230 e. The number of hydrogen-bond donors (Lipinski definition) is 3. The van der Waals surface area contributed by atoms with E-state index in [1.807, 2.05) is 49.1 Å². The van der Waals surface area contributed by atoms with Gasteiger partial charge >= 0.3 is 0 Å². The molecule has 0 spiro atoms. The summed E-state index contributed by atoms with van der Waals surface area (Å²) in [6.07, 6.45) is 20.4. The SMILES string of the molecule is CC(C)(C)[Si](C)(C)OCCN1CCN(c2ccc(Nc3ncc4c5ccnc(Cl)c5n(C5CCCC5)c4n3)nc2)CC1.OCCN1CCN(c2ccc(Nc3ncc4c5ccnc(Cl)c5n(C5CCCC5)c4n3)nc2)CC1. The highest BCUT2D eigenvalue weighted by atomic mass is 35.5. The molecule has 8 aromatic heterocycles. The number of aliphatic hydroxyl groups excluding tert-OH is 1. The van der Waals surface area contributed by atoms with E-state index < -0.39 is 8.32 Å². The molecular weight excluding hydrogens is 1030 g/mol. The van der Waals surface area contributed by atoms with E-state index in [1.54, 1.807) is 12.4 Å². The lowest BCUT2D eigenvalue weighted by molar-refractivity contribution is 0.189. The minimum absolute atomic E-state index is 0.209. The van der Waals surface area contributed by atoms with Gasteiger partial charge in [0.2, 0.25) is 11.9 Å². The smallest absolute Gasteiger partial charge is 0.230 e. The molecule has 21 heteroatoms. The fourth-order valence-corrected chi connectivity index (χ4v) is 12.9. The molecule has 3 N–H and O–H groups in total. The first-order valence-electron chi connectivity index (χ1n) is 27.6. The molecule has 0 unspecified atom stereocenters. The number of pyridine rings is 4. The third-order valence-corrected chi connectivity index (χ3v) is 21.8. The van der Waals surface area contributed by atoms with Gasteiger partial charge in [-0.2, -0.15) is 9.97 Å². The minimum atomic E-state index is -1.69. The van der Waals surface area contributed by atoms with Crippen LogP contribution in [-0.4, -0.2) is 151 Å². The predicted octanol–water partition coefficient (Wildman–Crippen LogP) is 11.0. The summed E-state index contributed by atoms with van der Waals surface area (Å²) in [5.41, 5.74) is 5.92. The Hall–Kier alpha value is -5.80. The number of halogens is 2. The van der Waals surface area contributed by atoms with Crippen LogP contribution in [0.1, 0.15) is 84.2 Å². The molecule has 77 heavy (non-hydrogen) atoms. The standard InChI is InChI=1S/C31H43ClN8OSi.C25H29ClN8O/c1-31(2,3)42(4,5)41-19-18-38-14-16-39(17-15-38)23-10-11-26(34-20-23)36-30-35-21-25-24-12-13-33-28(32)27(24)40(29(25)37-30)22-8-6-7-9-22;26-23-22-19(7-8-27-23)20-16-29-25(31-24(20)34(22)17-3-1-2-4-17)30-21-6-5-18(15-28-21)33-11-9-32(10-12-33)13-14-35/h10-13,20-22H,6-9,14-19H2,1-5H3,(H,34,35,36,37);5-8,15-17,35H,1-4,9-14H2,(H,28,29,30,31). The molecule has 12 rings (SSSR count). The van der Waals surface area contributed by atoms with E-state index >= 15 is 0 Å². The molecule has 4 aliphatic rings. The van der Waals surface area contributed by atoms with Crippen molar-refractivity contribution in [2.45, 2.75) is 102 Å². The van der Waals surface area contributed by atoms with E-state index in [1.165, 1.54) is 25.7 Å². The van der Waals surface area contributed by atoms with Crippen LogP contribution in [0, 0.1) is 0 Å². The Bertz CT molecular complexity index is 3300. The Labute approximate surface area is 461 Å². The van der Waals surface area contributed by atoms with Gasteiger partial charge in [-0.25, -0.2) is 29.9 Å². The highest BCUT2D eigenvalue weighted by Gasteiger charge is 2.37. The molecule has 2 aliphatic carbocycles. The molecule has 2 saturated heterocycles. The van der Waals surface area contributed by atoms with Crippen molar-refractivity contribution in [1.82, 2.24) is 58.8 Å². The first-order chi connectivity index (χ1) is 37.3. The van der Waals surface area contributed by atoms with Crippen molar-refractivity contribution >= 4 is 110 Å². The lowest BCUT2D eigenvalue weighted by Crippen LogP contribution is -2.48. The molecule has 0 aromatic carbocycles. The normalized spacial score (nSPS) is 17.6. The third kappa shape index (κ3) is 11.4. The molecule has 8 aromatic rings. The molecule has 0 amide bonds. The highest BCUT2D eigenvalue weighted by Crippen LogP contribution is 2.42. The fourth-order valence-electron chi connectivity index (χ4n) is 11.4. The molecule has 0 radical (unpaired) electrons. The molecule has 2 aliphatic heterocycles. The highest BCUT2D eigenvalue weighted by molar-refractivity contribution is 6.74. The Morgan fingerprint density at radius 1 is 0.571 bits per heavy atom. The molecule has 2 saturated carbocycles. The van der Waals surface area contributed by atoms with Gasteiger partial charge < -0.3 is 39.1 Å². The Morgan fingerprint density at radius 3 is 1.42 bits per heavy atom. The zero-order valence-electron chi connectivity index (χ0n) is 45.1. The first kappa shape index (κ1) is 53.2. The van der Waals surface area contributed by atoms with E-state index in [9.17, 15) is 0 Å². The lowest BCUT2D eigenvalue weighted by Gasteiger charge is -2.38. The van der Waals surface area contributed by atoms with Crippen LogP contribution in [0.15, 0.2) is 73.6 Å². The number of aromatic nitrogens is 10. The number of anilines is 6. The van der Waals surface area contributed by atoms with Crippen molar-refractivity contribution in [3.63, 3.8) is 0 Å². The van der Waals surface area contributed by atoms with Crippen molar-refractivity contribution in [1.29, 1.82) is 0 Å². The zero-order chi connectivity index (χ0) is 53.3. The summed E-state index contributed by atoms with van der Waals surface area (Å²) < 4.78 is 11.0. The number of nitrogens with one attached hydrogen (secondary N) is 2. The van der Waals surface area contributed by atoms with Crippen LogP contribution >= 0.6 is 23.2 Å². The van der Waals surface area contributed by atoms with E-state index in [4.69, 9.17) is 47.7 Å². The summed E-state index contributed by atoms with van der Waals surface area (Å²) in [4.78, 5) is 46.6.